The van der Waals surface area contributed by atoms with Gasteiger partial charge in [-0.2, -0.15) is 5.10 Å². The Morgan fingerprint density at radius 1 is 1.21 bits per heavy atom. The van der Waals surface area contributed by atoms with Crippen molar-refractivity contribution >= 4 is 5.91 Å². The van der Waals surface area contributed by atoms with Crippen molar-refractivity contribution < 1.29 is 13.9 Å². The summed E-state index contributed by atoms with van der Waals surface area (Å²) in [4.78, 5) is 15.2. The predicted molar refractivity (Wildman–Crippen MR) is 108 cm³/mol. The van der Waals surface area contributed by atoms with Crippen molar-refractivity contribution in [1.29, 1.82) is 0 Å². The molecule has 6 heteroatoms. The highest BCUT2D eigenvalue weighted by atomic mass is 19.1. The quantitative estimate of drug-likeness (QED) is 0.632. The number of rotatable bonds is 6. The largest absolute Gasteiger partial charge is 0.376 e. The van der Waals surface area contributed by atoms with Crippen LogP contribution < -0.4 is 0 Å². The SMILES string of the molecule is Cc1c(C(=O)N(Cc2ccccc2)CC2CCCO2)cnn1-c1ccccc1F. The van der Waals surface area contributed by atoms with Crippen LogP contribution in [0, 0.1) is 12.7 Å². The van der Waals surface area contributed by atoms with E-state index in [0.717, 1.165) is 25.0 Å². The fourth-order valence-electron chi connectivity index (χ4n) is 3.71. The van der Waals surface area contributed by atoms with Crippen LogP contribution in [0.1, 0.15) is 34.5 Å². The van der Waals surface area contributed by atoms with Gasteiger partial charge in [-0.05, 0) is 37.5 Å². The fraction of sp³-hybridized carbons (Fsp3) is 0.304. The second kappa shape index (κ2) is 8.57. The first-order valence-corrected chi connectivity index (χ1v) is 9.88. The minimum Gasteiger partial charge on any atom is -0.376 e. The topological polar surface area (TPSA) is 47.4 Å². The number of ether oxygens (including phenoxy) is 1. The molecule has 0 bridgehead atoms. The molecule has 1 amide bonds. The van der Waals surface area contributed by atoms with Crippen LogP contribution in [0.5, 0.6) is 0 Å². The van der Waals surface area contributed by atoms with Crippen molar-refractivity contribution in [3.8, 4) is 5.69 Å². The first kappa shape index (κ1) is 19.3. The summed E-state index contributed by atoms with van der Waals surface area (Å²) in [5, 5.41) is 4.29. The molecule has 0 radical (unpaired) electrons. The normalized spacial score (nSPS) is 16.1. The van der Waals surface area contributed by atoms with E-state index in [1.165, 1.54) is 16.9 Å². The highest BCUT2D eigenvalue weighted by Crippen LogP contribution is 2.21. The average molecular weight is 393 g/mol. The lowest BCUT2D eigenvalue weighted by atomic mass is 10.1. The minimum atomic E-state index is -0.377. The Morgan fingerprint density at radius 2 is 1.97 bits per heavy atom. The maximum atomic E-state index is 14.2. The Morgan fingerprint density at radius 3 is 2.69 bits per heavy atom. The van der Waals surface area contributed by atoms with Gasteiger partial charge in [-0.25, -0.2) is 9.07 Å². The van der Waals surface area contributed by atoms with Crippen molar-refractivity contribution in [3.05, 3.63) is 83.4 Å². The Labute approximate surface area is 169 Å². The molecular formula is C23H24FN3O2. The lowest BCUT2D eigenvalue weighted by Gasteiger charge is -2.25. The molecule has 0 saturated carbocycles. The molecule has 1 atom stereocenters. The molecule has 1 aliphatic rings. The smallest absolute Gasteiger partial charge is 0.257 e. The number of halogens is 1. The molecule has 29 heavy (non-hydrogen) atoms. The van der Waals surface area contributed by atoms with Gasteiger partial charge in [0.05, 0.1) is 23.6 Å². The summed E-state index contributed by atoms with van der Waals surface area (Å²) in [5.74, 6) is -0.498. The molecule has 2 heterocycles. The van der Waals surface area contributed by atoms with Gasteiger partial charge in [-0.15, -0.1) is 0 Å². The van der Waals surface area contributed by atoms with Gasteiger partial charge in [-0.1, -0.05) is 42.5 Å². The summed E-state index contributed by atoms with van der Waals surface area (Å²) in [6, 6.07) is 16.3. The summed E-state index contributed by atoms with van der Waals surface area (Å²) >= 11 is 0. The summed E-state index contributed by atoms with van der Waals surface area (Å²) in [6.45, 7) is 3.55. The van der Waals surface area contributed by atoms with Crippen LogP contribution in [0.15, 0.2) is 60.8 Å². The maximum Gasteiger partial charge on any atom is 0.257 e. The summed E-state index contributed by atoms with van der Waals surface area (Å²) < 4.78 is 21.5. The van der Waals surface area contributed by atoms with E-state index < -0.39 is 0 Å². The molecule has 0 spiro atoms. The van der Waals surface area contributed by atoms with E-state index in [1.54, 1.807) is 30.0 Å². The zero-order valence-electron chi connectivity index (χ0n) is 16.4. The molecule has 1 aliphatic heterocycles. The third kappa shape index (κ3) is 4.22. The molecule has 3 aromatic rings. The van der Waals surface area contributed by atoms with E-state index in [-0.39, 0.29) is 17.8 Å². The summed E-state index contributed by atoms with van der Waals surface area (Å²) in [7, 11) is 0. The number of aromatic nitrogens is 2. The molecule has 0 aliphatic carbocycles. The first-order chi connectivity index (χ1) is 14.1. The monoisotopic (exact) mass is 393 g/mol. The van der Waals surface area contributed by atoms with Crippen LogP contribution in [0.2, 0.25) is 0 Å². The van der Waals surface area contributed by atoms with Gasteiger partial charge in [-0.3, -0.25) is 4.79 Å². The molecule has 2 aromatic carbocycles. The lowest BCUT2D eigenvalue weighted by Crippen LogP contribution is -2.37. The second-order valence-corrected chi connectivity index (χ2v) is 7.31. The Kier molecular flexibility index (Phi) is 5.71. The van der Waals surface area contributed by atoms with Gasteiger partial charge < -0.3 is 9.64 Å². The second-order valence-electron chi connectivity index (χ2n) is 7.31. The van der Waals surface area contributed by atoms with Crippen molar-refractivity contribution in [2.24, 2.45) is 0 Å². The third-order valence-corrected chi connectivity index (χ3v) is 5.27. The highest BCUT2D eigenvalue weighted by Gasteiger charge is 2.26. The molecule has 1 unspecified atom stereocenters. The number of para-hydroxylation sites is 1. The van der Waals surface area contributed by atoms with Gasteiger partial charge in [0, 0.05) is 19.7 Å². The molecule has 4 rings (SSSR count). The van der Waals surface area contributed by atoms with Gasteiger partial charge in [0.2, 0.25) is 0 Å². The molecule has 5 nitrogen and oxygen atoms in total. The van der Waals surface area contributed by atoms with Crippen LogP contribution in [0.3, 0.4) is 0 Å². The zero-order chi connectivity index (χ0) is 20.2. The molecule has 0 N–H and O–H groups in total. The molecule has 150 valence electrons. The number of carbonyl (C=O) groups excluding carboxylic acids is 1. The number of nitrogens with zero attached hydrogens (tertiary/aromatic N) is 3. The van der Waals surface area contributed by atoms with Gasteiger partial charge >= 0.3 is 0 Å². The number of hydrogen-bond acceptors (Lipinski definition) is 3. The van der Waals surface area contributed by atoms with Crippen molar-refractivity contribution in [1.82, 2.24) is 14.7 Å². The molecular weight excluding hydrogens is 369 g/mol. The Hall–Kier alpha value is -2.99. The van der Waals surface area contributed by atoms with Crippen LogP contribution in [0.4, 0.5) is 4.39 Å². The predicted octanol–water partition coefficient (Wildman–Crippen LogP) is 4.14. The number of hydrogen-bond donors (Lipinski definition) is 0. The van der Waals surface area contributed by atoms with Crippen LogP contribution in [-0.4, -0.2) is 39.8 Å². The van der Waals surface area contributed by atoms with Crippen molar-refractivity contribution in [2.75, 3.05) is 13.2 Å². The van der Waals surface area contributed by atoms with E-state index in [0.29, 0.717) is 30.0 Å². The average Bonchev–Trinajstić information content (AvgIpc) is 3.38. The van der Waals surface area contributed by atoms with Gasteiger partial charge in [0.15, 0.2) is 0 Å². The molecule has 1 fully saturated rings. The number of benzene rings is 2. The summed E-state index contributed by atoms with van der Waals surface area (Å²) in [5.41, 5.74) is 2.48. The first-order valence-electron chi connectivity index (χ1n) is 9.88. The van der Waals surface area contributed by atoms with Gasteiger partial charge in [0.25, 0.3) is 5.91 Å². The van der Waals surface area contributed by atoms with E-state index in [2.05, 4.69) is 5.10 Å². The highest BCUT2D eigenvalue weighted by molar-refractivity contribution is 5.95. The standard InChI is InChI=1S/C23H24FN3O2/c1-17-20(14-25-27(17)22-12-6-5-11-21(22)24)23(28)26(16-19-10-7-13-29-19)15-18-8-3-2-4-9-18/h2-6,8-9,11-12,14,19H,7,10,13,15-16H2,1H3. The summed E-state index contributed by atoms with van der Waals surface area (Å²) in [6.07, 6.45) is 3.54. The van der Waals surface area contributed by atoms with E-state index in [1.807, 2.05) is 30.3 Å². The van der Waals surface area contributed by atoms with Crippen molar-refractivity contribution in [3.63, 3.8) is 0 Å². The van der Waals surface area contributed by atoms with E-state index >= 15 is 0 Å². The number of carbonyl (C=O) groups is 1. The van der Waals surface area contributed by atoms with Crippen LogP contribution in [-0.2, 0) is 11.3 Å². The van der Waals surface area contributed by atoms with Crippen molar-refractivity contribution in [2.45, 2.75) is 32.4 Å². The van der Waals surface area contributed by atoms with E-state index in [9.17, 15) is 9.18 Å². The maximum absolute atomic E-state index is 14.2. The molecule has 1 aromatic heterocycles. The zero-order valence-corrected chi connectivity index (χ0v) is 16.4. The lowest BCUT2D eigenvalue weighted by molar-refractivity contribution is 0.0506. The number of amides is 1. The van der Waals surface area contributed by atoms with Gasteiger partial charge in [0.1, 0.15) is 11.5 Å². The van der Waals surface area contributed by atoms with Crippen LogP contribution in [0.25, 0.3) is 5.69 Å². The molecule has 1 saturated heterocycles. The Balaban J connectivity index is 1.62. The minimum absolute atomic E-state index is 0.0459. The third-order valence-electron chi connectivity index (χ3n) is 5.27. The fourth-order valence-corrected chi connectivity index (χ4v) is 3.71. The van der Waals surface area contributed by atoms with E-state index in [4.69, 9.17) is 4.74 Å². The van der Waals surface area contributed by atoms with Crippen LogP contribution >= 0.6 is 0 Å². The Bertz CT molecular complexity index is 981.